The highest BCUT2D eigenvalue weighted by atomic mass is 16.5. The fourth-order valence-corrected chi connectivity index (χ4v) is 4.66. The normalized spacial score (nSPS) is 28.8. The van der Waals surface area contributed by atoms with Gasteiger partial charge in [0.1, 0.15) is 12.4 Å². The van der Waals surface area contributed by atoms with Crippen molar-refractivity contribution in [3.05, 3.63) is 64.7 Å². The SMILES string of the molecule is CNC(=O)c1cc(C(=O)NC2[C@H]3COC[C@@H]23)cc2c1OC[C@@]2(C)c1ccccc1. The standard InChI is InChI=1S/C23H24N2O4/c1-23(14-6-4-3-5-7-14)12-29-20-15(22(27)24-2)8-13(9-18(20)23)21(26)25-19-16-10-28-11-17(16)19/h3-9,16-17,19H,10-12H2,1-2H3,(H,24,27)(H,25,26)/t16-,17+,19?,23-/m0/s1. The van der Waals surface area contributed by atoms with E-state index in [1.807, 2.05) is 24.3 Å². The fraction of sp³-hybridized carbons (Fsp3) is 0.391. The van der Waals surface area contributed by atoms with Crippen LogP contribution in [0.5, 0.6) is 5.75 Å². The Hall–Kier alpha value is -2.86. The summed E-state index contributed by atoms with van der Waals surface area (Å²) < 4.78 is 11.4. The number of fused-ring (bicyclic) bond motifs is 2. The van der Waals surface area contributed by atoms with Crippen molar-refractivity contribution in [3.8, 4) is 5.75 Å². The molecule has 3 aliphatic rings. The lowest BCUT2D eigenvalue weighted by molar-refractivity contribution is 0.0929. The number of carbonyl (C=O) groups is 2. The Morgan fingerprint density at radius 2 is 1.79 bits per heavy atom. The second-order valence-corrected chi connectivity index (χ2v) is 8.33. The molecular formula is C23H24N2O4. The lowest BCUT2D eigenvalue weighted by Gasteiger charge is -2.24. The molecular weight excluding hydrogens is 368 g/mol. The van der Waals surface area contributed by atoms with Crippen LogP contribution in [0.15, 0.2) is 42.5 Å². The van der Waals surface area contributed by atoms with E-state index in [1.54, 1.807) is 13.1 Å². The van der Waals surface area contributed by atoms with Gasteiger partial charge >= 0.3 is 0 Å². The molecule has 2 heterocycles. The predicted octanol–water partition coefficient (Wildman–Crippen LogP) is 2.12. The zero-order chi connectivity index (χ0) is 20.2. The zero-order valence-electron chi connectivity index (χ0n) is 16.5. The first-order valence-corrected chi connectivity index (χ1v) is 10.0. The molecule has 0 bridgehead atoms. The third kappa shape index (κ3) is 2.82. The molecule has 150 valence electrons. The first kappa shape index (κ1) is 18.2. The van der Waals surface area contributed by atoms with Gasteiger partial charge < -0.3 is 20.1 Å². The van der Waals surface area contributed by atoms with Crippen molar-refractivity contribution in [1.82, 2.24) is 10.6 Å². The van der Waals surface area contributed by atoms with Crippen LogP contribution in [-0.2, 0) is 10.2 Å². The van der Waals surface area contributed by atoms with E-state index in [0.29, 0.717) is 48.5 Å². The average molecular weight is 392 g/mol. The second-order valence-electron chi connectivity index (χ2n) is 8.33. The van der Waals surface area contributed by atoms with Gasteiger partial charge in [-0.15, -0.1) is 0 Å². The van der Waals surface area contributed by atoms with Crippen LogP contribution in [0.2, 0.25) is 0 Å². The van der Waals surface area contributed by atoms with Gasteiger partial charge in [-0.25, -0.2) is 0 Å². The van der Waals surface area contributed by atoms with Crippen LogP contribution in [-0.4, -0.2) is 44.7 Å². The van der Waals surface area contributed by atoms with Crippen LogP contribution >= 0.6 is 0 Å². The van der Waals surface area contributed by atoms with Gasteiger partial charge in [-0.05, 0) is 24.6 Å². The molecule has 0 spiro atoms. The van der Waals surface area contributed by atoms with E-state index in [9.17, 15) is 9.59 Å². The maximum absolute atomic E-state index is 13.0. The third-order valence-corrected chi connectivity index (χ3v) is 6.58. The summed E-state index contributed by atoms with van der Waals surface area (Å²) in [5, 5.41) is 5.79. The highest BCUT2D eigenvalue weighted by Crippen LogP contribution is 2.46. The number of carbonyl (C=O) groups excluding carboxylic acids is 2. The summed E-state index contributed by atoms with van der Waals surface area (Å²) in [6, 6.07) is 13.7. The van der Waals surface area contributed by atoms with Crippen molar-refractivity contribution in [3.63, 3.8) is 0 Å². The van der Waals surface area contributed by atoms with Crippen LogP contribution < -0.4 is 15.4 Å². The van der Waals surface area contributed by atoms with Gasteiger partial charge in [0.2, 0.25) is 0 Å². The van der Waals surface area contributed by atoms with Crippen molar-refractivity contribution in [1.29, 1.82) is 0 Å². The molecule has 5 rings (SSSR count). The van der Waals surface area contributed by atoms with Crippen molar-refractivity contribution in [2.45, 2.75) is 18.4 Å². The highest BCUT2D eigenvalue weighted by Gasteiger charge is 2.55. The minimum Gasteiger partial charge on any atom is -0.491 e. The molecule has 2 N–H and O–H groups in total. The average Bonchev–Trinajstić information content (AvgIpc) is 3.09. The number of amides is 2. The number of nitrogens with one attached hydrogen (secondary N) is 2. The Morgan fingerprint density at radius 1 is 1.07 bits per heavy atom. The molecule has 2 aromatic rings. The molecule has 29 heavy (non-hydrogen) atoms. The maximum Gasteiger partial charge on any atom is 0.254 e. The molecule has 6 nitrogen and oxygen atoms in total. The number of ether oxygens (including phenoxy) is 2. The lowest BCUT2D eigenvalue weighted by Crippen LogP contribution is -2.31. The molecule has 1 saturated carbocycles. The smallest absolute Gasteiger partial charge is 0.254 e. The van der Waals surface area contributed by atoms with Crippen molar-refractivity contribution in [2.75, 3.05) is 26.9 Å². The summed E-state index contributed by atoms with van der Waals surface area (Å²) in [5.74, 6) is 0.989. The topological polar surface area (TPSA) is 76.7 Å². The molecule has 2 aromatic carbocycles. The quantitative estimate of drug-likeness (QED) is 0.836. The maximum atomic E-state index is 13.0. The van der Waals surface area contributed by atoms with Gasteiger partial charge in [-0.3, -0.25) is 9.59 Å². The largest absolute Gasteiger partial charge is 0.491 e. The molecule has 0 radical (unpaired) electrons. The third-order valence-electron chi connectivity index (χ3n) is 6.58. The van der Waals surface area contributed by atoms with Gasteiger partial charge in [0.25, 0.3) is 11.8 Å². The molecule has 1 unspecified atom stereocenters. The highest BCUT2D eigenvalue weighted by molar-refractivity contribution is 6.02. The summed E-state index contributed by atoms with van der Waals surface area (Å²) in [5.41, 5.74) is 2.41. The Labute approximate surface area is 169 Å². The lowest BCUT2D eigenvalue weighted by atomic mass is 9.77. The molecule has 2 fully saturated rings. The van der Waals surface area contributed by atoms with E-state index in [1.165, 1.54) is 0 Å². The molecule has 0 aromatic heterocycles. The number of benzene rings is 2. The molecule has 2 aliphatic heterocycles. The van der Waals surface area contributed by atoms with Gasteiger partial charge in [0.05, 0.1) is 24.2 Å². The van der Waals surface area contributed by atoms with E-state index in [0.717, 1.165) is 11.1 Å². The van der Waals surface area contributed by atoms with Gasteiger partial charge in [0.15, 0.2) is 0 Å². The molecule has 6 heteroatoms. The predicted molar refractivity (Wildman–Crippen MR) is 107 cm³/mol. The van der Waals surface area contributed by atoms with Gasteiger partial charge in [-0.1, -0.05) is 30.3 Å². The van der Waals surface area contributed by atoms with Crippen LogP contribution in [0.3, 0.4) is 0 Å². The van der Waals surface area contributed by atoms with Crippen LogP contribution in [0.4, 0.5) is 0 Å². The molecule has 4 atom stereocenters. The zero-order valence-corrected chi connectivity index (χ0v) is 16.5. The molecule has 2 amide bonds. The first-order chi connectivity index (χ1) is 14.0. The number of hydrogen-bond acceptors (Lipinski definition) is 4. The minimum absolute atomic E-state index is 0.153. The van der Waals surface area contributed by atoms with Crippen molar-refractivity contribution in [2.24, 2.45) is 11.8 Å². The van der Waals surface area contributed by atoms with E-state index >= 15 is 0 Å². The Morgan fingerprint density at radius 3 is 2.48 bits per heavy atom. The second kappa shape index (κ2) is 6.59. The van der Waals surface area contributed by atoms with Crippen molar-refractivity contribution >= 4 is 11.8 Å². The van der Waals surface area contributed by atoms with E-state index in [4.69, 9.17) is 9.47 Å². The van der Waals surface area contributed by atoms with Crippen LogP contribution in [0, 0.1) is 11.8 Å². The monoisotopic (exact) mass is 392 g/mol. The minimum atomic E-state index is -0.431. The van der Waals surface area contributed by atoms with Crippen LogP contribution in [0.1, 0.15) is 38.8 Å². The summed E-state index contributed by atoms with van der Waals surface area (Å²) in [4.78, 5) is 25.6. The Kier molecular flexibility index (Phi) is 4.13. The summed E-state index contributed by atoms with van der Waals surface area (Å²) in [7, 11) is 1.58. The van der Waals surface area contributed by atoms with Gasteiger partial charge in [0, 0.05) is 36.1 Å². The number of rotatable bonds is 4. The van der Waals surface area contributed by atoms with E-state index < -0.39 is 5.41 Å². The van der Waals surface area contributed by atoms with E-state index in [-0.39, 0.29) is 17.9 Å². The molecule has 1 aliphatic carbocycles. The van der Waals surface area contributed by atoms with Crippen LogP contribution in [0.25, 0.3) is 0 Å². The first-order valence-electron chi connectivity index (χ1n) is 10.0. The molecule has 1 saturated heterocycles. The van der Waals surface area contributed by atoms with Gasteiger partial charge in [-0.2, -0.15) is 0 Å². The summed E-state index contributed by atoms with van der Waals surface area (Å²) in [6.07, 6.45) is 0. The fourth-order valence-electron chi connectivity index (χ4n) is 4.66. The van der Waals surface area contributed by atoms with E-state index in [2.05, 4.69) is 29.7 Å². The summed E-state index contributed by atoms with van der Waals surface area (Å²) in [6.45, 7) is 3.93. The Bertz CT molecular complexity index is 980. The summed E-state index contributed by atoms with van der Waals surface area (Å²) >= 11 is 0. The Balaban J connectivity index is 1.54. The van der Waals surface area contributed by atoms with Crippen molar-refractivity contribution < 1.29 is 19.1 Å². The number of hydrogen-bond donors (Lipinski definition) is 2.